The van der Waals surface area contributed by atoms with Gasteiger partial charge in [0.25, 0.3) is 0 Å². The van der Waals surface area contributed by atoms with Gasteiger partial charge < -0.3 is 20.1 Å². The molecule has 0 saturated carbocycles. The Morgan fingerprint density at radius 2 is 1.82 bits per heavy atom. The van der Waals surface area contributed by atoms with E-state index in [0.717, 1.165) is 0 Å². The minimum atomic E-state index is -0.827. The van der Waals surface area contributed by atoms with E-state index in [1.807, 2.05) is 0 Å². The summed E-state index contributed by atoms with van der Waals surface area (Å²) in [5, 5.41) is 26.4. The Kier molecular flexibility index (Phi) is 5.41. The summed E-state index contributed by atoms with van der Waals surface area (Å²) >= 11 is 0. The van der Waals surface area contributed by atoms with Crippen molar-refractivity contribution >= 4 is 0 Å². The zero-order chi connectivity index (χ0) is 8.85. The van der Waals surface area contributed by atoms with E-state index in [2.05, 4.69) is 0 Å². The molecule has 68 valence electrons. The van der Waals surface area contributed by atoms with E-state index >= 15 is 0 Å². The second-order valence-corrected chi connectivity index (χ2v) is 2.57. The van der Waals surface area contributed by atoms with Gasteiger partial charge in [-0.15, -0.1) is 0 Å². The Morgan fingerprint density at radius 3 is 2.09 bits per heavy atom. The van der Waals surface area contributed by atoms with Gasteiger partial charge in [0.2, 0.25) is 0 Å². The molecule has 0 aromatic rings. The zero-order valence-electron chi connectivity index (χ0n) is 6.90. The molecule has 0 rings (SSSR count). The standard InChI is InChI=1S/C7H16O4/c1-5(6(10)3-8)7(4-9)11-2/h5-10H,3-4H2,1-2H3. The normalized spacial score (nSPS) is 19.4. The van der Waals surface area contributed by atoms with Crippen LogP contribution in [0, 0.1) is 5.92 Å². The fourth-order valence-corrected chi connectivity index (χ4v) is 0.869. The van der Waals surface area contributed by atoms with Crippen molar-refractivity contribution in [2.24, 2.45) is 5.92 Å². The quantitative estimate of drug-likeness (QED) is 0.486. The smallest absolute Gasteiger partial charge is 0.0852 e. The fourth-order valence-electron chi connectivity index (χ4n) is 0.869. The molecule has 11 heavy (non-hydrogen) atoms. The van der Waals surface area contributed by atoms with E-state index in [4.69, 9.17) is 20.1 Å². The summed E-state index contributed by atoms with van der Waals surface area (Å²) in [6.45, 7) is 1.26. The largest absolute Gasteiger partial charge is 0.394 e. The zero-order valence-corrected chi connectivity index (χ0v) is 6.90. The van der Waals surface area contributed by atoms with Crippen LogP contribution in [0.25, 0.3) is 0 Å². The van der Waals surface area contributed by atoms with Gasteiger partial charge in [0, 0.05) is 13.0 Å². The number of ether oxygens (including phenoxy) is 1. The second kappa shape index (κ2) is 5.49. The minimum Gasteiger partial charge on any atom is -0.394 e. The lowest BCUT2D eigenvalue weighted by Gasteiger charge is -2.23. The molecule has 0 saturated heterocycles. The lowest BCUT2D eigenvalue weighted by atomic mass is 9.99. The van der Waals surface area contributed by atoms with Gasteiger partial charge in [-0.25, -0.2) is 0 Å². The summed E-state index contributed by atoms with van der Waals surface area (Å²) in [5.74, 6) is -0.255. The van der Waals surface area contributed by atoms with Crippen molar-refractivity contribution in [3.8, 4) is 0 Å². The van der Waals surface area contributed by atoms with Gasteiger partial charge in [0.15, 0.2) is 0 Å². The van der Waals surface area contributed by atoms with Crippen LogP contribution in [0.15, 0.2) is 0 Å². The van der Waals surface area contributed by atoms with Crippen LogP contribution < -0.4 is 0 Å². The first-order valence-corrected chi connectivity index (χ1v) is 3.60. The van der Waals surface area contributed by atoms with Crippen LogP contribution in [0.2, 0.25) is 0 Å². The SMILES string of the molecule is COC(CO)C(C)C(O)CO. The Morgan fingerprint density at radius 1 is 1.27 bits per heavy atom. The van der Waals surface area contributed by atoms with Gasteiger partial charge in [-0.1, -0.05) is 6.92 Å². The highest BCUT2D eigenvalue weighted by molar-refractivity contribution is 4.71. The Bertz CT molecular complexity index is 92.4. The number of methoxy groups -OCH3 is 1. The van der Waals surface area contributed by atoms with E-state index in [9.17, 15) is 0 Å². The van der Waals surface area contributed by atoms with Crippen molar-refractivity contribution < 1.29 is 20.1 Å². The molecule has 0 heterocycles. The van der Waals surface area contributed by atoms with Gasteiger partial charge >= 0.3 is 0 Å². The summed E-state index contributed by atoms with van der Waals surface area (Å²) in [4.78, 5) is 0. The lowest BCUT2D eigenvalue weighted by Crippen LogP contribution is -2.35. The van der Waals surface area contributed by atoms with Crippen molar-refractivity contribution in [1.29, 1.82) is 0 Å². The van der Waals surface area contributed by atoms with E-state index in [-0.39, 0.29) is 19.1 Å². The molecule has 0 amide bonds. The fraction of sp³-hybridized carbons (Fsp3) is 1.00. The topological polar surface area (TPSA) is 69.9 Å². The minimum absolute atomic E-state index is 0.144. The van der Waals surface area contributed by atoms with Gasteiger partial charge in [-0.3, -0.25) is 0 Å². The van der Waals surface area contributed by atoms with Gasteiger partial charge in [-0.2, -0.15) is 0 Å². The van der Waals surface area contributed by atoms with Crippen LogP contribution in [0.4, 0.5) is 0 Å². The number of hydrogen-bond donors (Lipinski definition) is 3. The number of hydrogen-bond acceptors (Lipinski definition) is 4. The maximum Gasteiger partial charge on any atom is 0.0852 e. The first kappa shape index (κ1) is 10.8. The third-order valence-corrected chi connectivity index (χ3v) is 1.86. The van der Waals surface area contributed by atoms with Crippen LogP contribution in [-0.4, -0.2) is 47.9 Å². The highest BCUT2D eigenvalue weighted by atomic mass is 16.5. The van der Waals surface area contributed by atoms with Crippen molar-refractivity contribution in [2.75, 3.05) is 20.3 Å². The van der Waals surface area contributed by atoms with Crippen LogP contribution >= 0.6 is 0 Å². The van der Waals surface area contributed by atoms with Crippen LogP contribution in [0.1, 0.15) is 6.92 Å². The summed E-state index contributed by atoms with van der Waals surface area (Å²) < 4.78 is 4.86. The molecule has 0 aliphatic heterocycles. The van der Waals surface area contributed by atoms with E-state index in [1.54, 1.807) is 6.92 Å². The van der Waals surface area contributed by atoms with Crippen molar-refractivity contribution in [1.82, 2.24) is 0 Å². The Labute approximate surface area is 66.4 Å². The maximum atomic E-state index is 9.12. The molecule has 3 atom stereocenters. The monoisotopic (exact) mass is 164 g/mol. The molecule has 0 aliphatic rings. The van der Waals surface area contributed by atoms with Crippen molar-refractivity contribution in [3.63, 3.8) is 0 Å². The molecule has 0 fully saturated rings. The summed E-state index contributed by atoms with van der Waals surface area (Å²) in [6, 6.07) is 0. The number of rotatable bonds is 5. The van der Waals surface area contributed by atoms with Crippen molar-refractivity contribution in [3.05, 3.63) is 0 Å². The molecule has 3 N–H and O–H groups in total. The third kappa shape index (κ3) is 3.16. The molecule has 0 radical (unpaired) electrons. The summed E-state index contributed by atoms with van der Waals surface area (Å²) in [6.07, 6.45) is -1.23. The predicted octanol–water partition coefficient (Wildman–Crippen LogP) is -1.02. The molecule has 0 aliphatic carbocycles. The van der Waals surface area contributed by atoms with Gasteiger partial charge in [0.05, 0.1) is 25.4 Å². The second-order valence-electron chi connectivity index (χ2n) is 2.57. The van der Waals surface area contributed by atoms with Gasteiger partial charge in [-0.05, 0) is 0 Å². The van der Waals surface area contributed by atoms with E-state index < -0.39 is 12.2 Å². The number of aliphatic hydroxyl groups excluding tert-OH is 3. The lowest BCUT2D eigenvalue weighted by molar-refractivity contribution is -0.0486. The maximum absolute atomic E-state index is 9.12. The number of aliphatic hydroxyl groups is 3. The molecule has 0 aromatic carbocycles. The highest BCUT2D eigenvalue weighted by Gasteiger charge is 2.22. The highest BCUT2D eigenvalue weighted by Crippen LogP contribution is 2.10. The summed E-state index contributed by atoms with van der Waals surface area (Å²) in [5.41, 5.74) is 0. The van der Waals surface area contributed by atoms with Crippen LogP contribution in [-0.2, 0) is 4.74 Å². The average Bonchev–Trinajstić information content (AvgIpc) is 2.05. The molecule has 0 aromatic heterocycles. The molecular weight excluding hydrogens is 148 g/mol. The van der Waals surface area contributed by atoms with Crippen LogP contribution in [0.5, 0.6) is 0 Å². The van der Waals surface area contributed by atoms with Crippen LogP contribution in [0.3, 0.4) is 0 Å². The van der Waals surface area contributed by atoms with Crippen molar-refractivity contribution in [2.45, 2.75) is 19.1 Å². The Hall–Kier alpha value is -0.160. The molecule has 0 spiro atoms. The van der Waals surface area contributed by atoms with E-state index in [0.29, 0.717) is 0 Å². The Balaban J connectivity index is 3.86. The predicted molar refractivity (Wildman–Crippen MR) is 40.1 cm³/mol. The average molecular weight is 164 g/mol. The molecular formula is C7H16O4. The van der Waals surface area contributed by atoms with E-state index in [1.165, 1.54) is 7.11 Å². The molecule has 4 heteroatoms. The molecule has 4 nitrogen and oxygen atoms in total. The third-order valence-electron chi connectivity index (χ3n) is 1.86. The summed E-state index contributed by atoms with van der Waals surface area (Å²) in [7, 11) is 1.46. The first-order valence-electron chi connectivity index (χ1n) is 3.60. The molecule has 0 bridgehead atoms. The van der Waals surface area contributed by atoms with Gasteiger partial charge in [0.1, 0.15) is 0 Å². The molecule has 3 unspecified atom stereocenters. The first-order chi connectivity index (χ1) is 5.17.